The molecule has 3 nitrogen and oxygen atoms in total. The van der Waals surface area contributed by atoms with E-state index >= 15 is 0 Å². The lowest BCUT2D eigenvalue weighted by Gasteiger charge is -2.20. The number of carbonyl (C=O) groups excluding carboxylic acids is 1. The maximum absolute atomic E-state index is 12.1. The fourth-order valence-corrected chi connectivity index (χ4v) is 3.95. The predicted molar refractivity (Wildman–Crippen MR) is 72.5 cm³/mol. The first-order chi connectivity index (χ1) is 8.75. The molecule has 1 aromatic rings. The largest absolute Gasteiger partial charge is 0.390 e. The molecule has 1 saturated heterocycles. The monoisotopic (exact) mass is 263 g/mol. The van der Waals surface area contributed by atoms with Gasteiger partial charge < -0.3 is 10.4 Å². The third-order valence-corrected chi connectivity index (χ3v) is 5.10. The van der Waals surface area contributed by atoms with Gasteiger partial charge in [-0.3, -0.25) is 4.79 Å². The van der Waals surface area contributed by atoms with Crippen LogP contribution in [0.5, 0.6) is 0 Å². The molecule has 1 unspecified atom stereocenters. The Labute approximate surface area is 111 Å². The van der Waals surface area contributed by atoms with Crippen LogP contribution in [0.2, 0.25) is 0 Å². The van der Waals surface area contributed by atoms with Crippen molar-refractivity contribution >= 4 is 17.7 Å². The summed E-state index contributed by atoms with van der Waals surface area (Å²) in [7, 11) is 0. The highest BCUT2D eigenvalue weighted by Gasteiger charge is 2.34. The van der Waals surface area contributed by atoms with Crippen LogP contribution in [0, 0.1) is 0 Å². The van der Waals surface area contributed by atoms with Gasteiger partial charge in [0.05, 0.1) is 17.4 Å². The number of aliphatic hydroxyl groups is 1. The quantitative estimate of drug-likeness (QED) is 0.853. The molecule has 4 heteroatoms. The maximum Gasteiger partial charge on any atom is 0.233 e. The Bertz CT molecular complexity index is 457. The lowest BCUT2D eigenvalue weighted by molar-refractivity contribution is -0.122. The second-order valence-electron chi connectivity index (χ2n) is 4.96. The molecule has 1 aliphatic heterocycles. The van der Waals surface area contributed by atoms with Crippen LogP contribution in [0.25, 0.3) is 0 Å². The minimum Gasteiger partial charge on any atom is -0.390 e. The van der Waals surface area contributed by atoms with Crippen molar-refractivity contribution in [1.82, 2.24) is 5.32 Å². The molecule has 3 rings (SSSR count). The Morgan fingerprint density at radius 3 is 3.00 bits per heavy atom. The van der Waals surface area contributed by atoms with Gasteiger partial charge in [-0.15, -0.1) is 11.8 Å². The van der Waals surface area contributed by atoms with Gasteiger partial charge in [-0.1, -0.05) is 24.3 Å². The molecule has 18 heavy (non-hydrogen) atoms. The lowest BCUT2D eigenvalue weighted by Crippen LogP contribution is -2.38. The van der Waals surface area contributed by atoms with E-state index in [2.05, 4.69) is 5.32 Å². The standard InChI is InChI=1S/C14H17NO2S/c16-11-8-9-4-1-2-5-10(9)13(11)15-14(17)12-6-3-7-18-12/h1-2,4-5,11-13,16H,3,6-8H2,(H,15,17)/t11-,12?,13+/m1/s1. The summed E-state index contributed by atoms with van der Waals surface area (Å²) in [5.74, 6) is 1.15. The summed E-state index contributed by atoms with van der Waals surface area (Å²) >= 11 is 1.72. The van der Waals surface area contributed by atoms with Crippen molar-refractivity contribution in [2.45, 2.75) is 36.7 Å². The molecule has 0 aromatic heterocycles. The Morgan fingerprint density at radius 2 is 2.22 bits per heavy atom. The van der Waals surface area contributed by atoms with Crippen LogP contribution in [-0.2, 0) is 11.2 Å². The normalized spacial score (nSPS) is 30.2. The van der Waals surface area contributed by atoms with Crippen LogP contribution < -0.4 is 5.32 Å². The molecule has 2 aliphatic rings. The lowest BCUT2D eigenvalue weighted by atomic mass is 10.1. The molecule has 3 atom stereocenters. The van der Waals surface area contributed by atoms with Crippen molar-refractivity contribution in [2.75, 3.05) is 5.75 Å². The number of benzene rings is 1. The topological polar surface area (TPSA) is 49.3 Å². The van der Waals surface area contributed by atoms with E-state index in [-0.39, 0.29) is 17.2 Å². The third kappa shape index (κ3) is 2.15. The first-order valence-electron chi connectivity index (χ1n) is 6.43. The van der Waals surface area contributed by atoms with Crippen LogP contribution in [0.15, 0.2) is 24.3 Å². The van der Waals surface area contributed by atoms with Crippen LogP contribution in [-0.4, -0.2) is 28.1 Å². The minimum absolute atomic E-state index is 0.0740. The van der Waals surface area contributed by atoms with Crippen LogP contribution in [0.3, 0.4) is 0 Å². The van der Waals surface area contributed by atoms with Gasteiger partial charge in [-0.2, -0.15) is 0 Å². The number of aliphatic hydroxyl groups excluding tert-OH is 1. The summed E-state index contributed by atoms with van der Waals surface area (Å²) in [6.07, 6.45) is 2.23. The molecular weight excluding hydrogens is 246 g/mol. The van der Waals surface area contributed by atoms with Gasteiger partial charge in [0.25, 0.3) is 0 Å². The number of carbonyl (C=O) groups is 1. The minimum atomic E-state index is -0.488. The highest BCUT2D eigenvalue weighted by Crippen LogP contribution is 2.33. The van der Waals surface area contributed by atoms with Crippen LogP contribution >= 0.6 is 11.8 Å². The van der Waals surface area contributed by atoms with Crippen molar-refractivity contribution in [3.8, 4) is 0 Å². The average molecular weight is 263 g/mol. The molecule has 1 heterocycles. The number of hydrogen-bond donors (Lipinski definition) is 2. The van der Waals surface area contributed by atoms with E-state index in [1.54, 1.807) is 11.8 Å². The van der Waals surface area contributed by atoms with E-state index in [9.17, 15) is 9.90 Å². The van der Waals surface area contributed by atoms with E-state index in [4.69, 9.17) is 0 Å². The van der Waals surface area contributed by atoms with Gasteiger partial charge in [-0.05, 0) is 29.7 Å². The Morgan fingerprint density at radius 1 is 1.39 bits per heavy atom. The highest BCUT2D eigenvalue weighted by molar-refractivity contribution is 8.00. The molecule has 1 amide bonds. The zero-order chi connectivity index (χ0) is 12.5. The van der Waals surface area contributed by atoms with Gasteiger partial charge in [0.1, 0.15) is 0 Å². The second kappa shape index (κ2) is 4.94. The number of rotatable bonds is 2. The van der Waals surface area contributed by atoms with Crippen LogP contribution in [0.1, 0.15) is 30.0 Å². The van der Waals surface area contributed by atoms with Crippen molar-refractivity contribution in [3.63, 3.8) is 0 Å². The van der Waals surface area contributed by atoms with Gasteiger partial charge in [0.15, 0.2) is 0 Å². The Balaban J connectivity index is 1.74. The second-order valence-corrected chi connectivity index (χ2v) is 6.27. The van der Waals surface area contributed by atoms with E-state index < -0.39 is 6.10 Å². The molecule has 1 aliphatic carbocycles. The summed E-state index contributed by atoms with van der Waals surface area (Å²) in [5.41, 5.74) is 2.22. The number of hydrogen-bond acceptors (Lipinski definition) is 3. The highest BCUT2D eigenvalue weighted by atomic mass is 32.2. The maximum atomic E-state index is 12.1. The average Bonchev–Trinajstić information content (AvgIpc) is 2.98. The fourth-order valence-electron chi connectivity index (χ4n) is 2.78. The molecule has 2 N–H and O–H groups in total. The van der Waals surface area contributed by atoms with Gasteiger partial charge in [-0.25, -0.2) is 0 Å². The van der Waals surface area contributed by atoms with Crippen molar-refractivity contribution in [1.29, 1.82) is 0 Å². The summed E-state index contributed by atoms with van der Waals surface area (Å²) in [5, 5.41) is 13.2. The number of thioether (sulfide) groups is 1. The van der Waals surface area contributed by atoms with E-state index in [1.165, 1.54) is 0 Å². The summed E-state index contributed by atoms with van der Waals surface area (Å²) < 4.78 is 0. The molecular formula is C14H17NO2S. The smallest absolute Gasteiger partial charge is 0.233 e. The van der Waals surface area contributed by atoms with E-state index in [0.717, 1.165) is 29.7 Å². The first kappa shape index (κ1) is 12.1. The Kier molecular flexibility index (Phi) is 3.31. The summed E-state index contributed by atoms with van der Waals surface area (Å²) in [6.45, 7) is 0. The molecule has 0 radical (unpaired) electrons. The molecule has 1 fully saturated rings. The molecule has 96 valence electrons. The molecule has 1 aromatic carbocycles. The zero-order valence-corrected chi connectivity index (χ0v) is 11.0. The number of amides is 1. The molecule has 0 spiro atoms. The Hall–Kier alpha value is -1.00. The van der Waals surface area contributed by atoms with Gasteiger partial charge in [0.2, 0.25) is 5.91 Å². The van der Waals surface area contributed by atoms with Gasteiger partial charge >= 0.3 is 0 Å². The first-order valence-corrected chi connectivity index (χ1v) is 7.48. The number of nitrogens with one attached hydrogen (secondary N) is 1. The van der Waals surface area contributed by atoms with E-state index in [1.807, 2.05) is 24.3 Å². The summed E-state index contributed by atoms with van der Waals surface area (Å²) in [6, 6.07) is 7.73. The SMILES string of the molecule is O=C(N[C@H]1c2ccccc2C[C@H]1O)C1CCCS1. The van der Waals surface area contributed by atoms with Crippen molar-refractivity contribution in [3.05, 3.63) is 35.4 Å². The van der Waals surface area contributed by atoms with Gasteiger partial charge in [0, 0.05) is 6.42 Å². The van der Waals surface area contributed by atoms with Crippen molar-refractivity contribution in [2.24, 2.45) is 0 Å². The number of fused-ring (bicyclic) bond motifs is 1. The van der Waals surface area contributed by atoms with E-state index in [0.29, 0.717) is 6.42 Å². The van der Waals surface area contributed by atoms with Crippen LogP contribution in [0.4, 0.5) is 0 Å². The third-order valence-electron chi connectivity index (χ3n) is 3.72. The zero-order valence-electron chi connectivity index (χ0n) is 10.1. The predicted octanol–water partition coefficient (Wildman–Crippen LogP) is 1.66. The summed E-state index contributed by atoms with van der Waals surface area (Å²) in [4.78, 5) is 12.1. The van der Waals surface area contributed by atoms with Crippen molar-refractivity contribution < 1.29 is 9.90 Å². The fraction of sp³-hybridized carbons (Fsp3) is 0.500. The molecule has 0 saturated carbocycles. The molecule has 0 bridgehead atoms.